The fourth-order valence-electron chi connectivity index (χ4n) is 4.88. The number of piperazine rings is 1. The van der Waals surface area contributed by atoms with Crippen molar-refractivity contribution >= 4 is 23.1 Å². The minimum absolute atomic E-state index is 0.116. The molecule has 0 spiro atoms. The Hall–Kier alpha value is -4.39. The molecule has 0 bridgehead atoms. The molecule has 2 fully saturated rings. The summed E-state index contributed by atoms with van der Waals surface area (Å²) >= 11 is 0. The van der Waals surface area contributed by atoms with E-state index in [1.54, 1.807) is 16.5 Å². The second-order valence-electron chi connectivity index (χ2n) is 9.08. The number of carbonyl (C=O) groups excluding carboxylic acids is 2. The van der Waals surface area contributed by atoms with E-state index in [0.29, 0.717) is 56.1 Å². The first-order valence-electron chi connectivity index (χ1n) is 11.8. The highest BCUT2D eigenvalue weighted by molar-refractivity contribution is 5.90. The smallest absolute Gasteiger partial charge is 0.246 e. The van der Waals surface area contributed by atoms with Crippen molar-refractivity contribution in [2.45, 2.75) is 6.92 Å². The van der Waals surface area contributed by atoms with Crippen LogP contribution in [0.15, 0.2) is 43.4 Å². The van der Waals surface area contributed by atoms with E-state index in [-0.39, 0.29) is 17.7 Å². The third-order valence-electron chi connectivity index (χ3n) is 6.91. The first kappa shape index (κ1) is 23.4. The lowest BCUT2D eigenvalue weighted by atomic mass is 9.98. The number of ether oxygens (including phenoxy) is 1. The zero-order chi connectivity index (χ0) is 25.4. The number of hydrogen-bond acceptors (Lipinski definition) is 7. The average molecular weight is 486 g/mol. The molecule has 184 valence electrons. The Bertz CT molecular complexity index is 1390. The summed E-state index contributed by atoms with van der Waals surface area (Å²) in [5, 5.41) is 13.6. The molecule has 2 saturated heterocycles. The van der Waals surface area contributed by atoms with Crippen molar-refractivity contribution in [2.75, 3.05) is 51.3 Å². The van der Waals surface area contributed by atoms with Gasteiger partial charge in [0.2, 0.25) is 11.8 Å². The standard InChI is InChI=1S/C26H27N7O3/c1-4-23(34)32-14-21(15-32)26(35)31-7-5-30(6-8-31)25-17(2)9-18(12-28-25)19-10-22(36-3)24-20(11-27)13-29-33(24)16-19/h4,9-10,12-13,16,21H,1,5-8,14-15H2,2-3H3. The molecule has 10 nitrogen and oxygen atoms in total. The molecule has 2 aliphatic heterocycles. The maximum atomic E-state index is 12.8. The molecule has 0 atom stereocenters. The Labute approximate surface area is 209 Å². The summed E-state index contributed by atoms with van der Waals surface area (Å²) in [5.41, 5.74) is 3.93. The molecular formula is C26H27N7O3. The first-order valence-corrected chi connectivity index (χ1v) is 11.8. The summed E-state index contributed by atoms with van der Waals surface area (Å²) in [6.07, 6.45) is 6.51. The number of anilines is 1. The van der Waals surface area contributed by atoms with Gasteiger partial charge in [0.25, 0.3) is 0 Å². The second kappa shape index (κ2) is 9.34. The van der Waals surface area contributed by atoms with Crippen LogP contribution in [-0.4, -0.2) is 82.6 Å². The predicted octanol–water partition coefficient (Wildman–Crippen LogP) is 1.88. The topological polar surface area (TPSA) is 107 Å². The minimum Gasteiger partial charge on any atom is -0.494 e. The third-order valence-corrected chi connectivity index (χ3v) is 6.91. The van der Waals surface area contributed by atoms with E-state index < -0.39 is 0 Å². The zero-order valence-electron chi connectivity index (χ0n) is 20.3. The molecule has 3 aromatic rings. The number of fused-ring (bicyclic) bond motifs is 1. The Morgan fingerprint density at radius 3 is 2.53 bits per heavy atom. The van der Waals surface area contributed by atoms with Crippen molar-refractivity contribution in [3.63, 3.8) is 0 Å². The van der Waals surface area contributed by atoms with Crippen molar-refractivity contribution in [3.8, 4) is 22.9 Å². The van der Waals surface area contributed by atoms with Gasteiger partial charge in [0, 0.05) is 62.8 Å². The van der Waals surface area contributed by atoms with Crippen LogP contribution in [0, 0.1) is 24.2 Å². The maximum Gasteiger partial charge on any atom is 0.246 e. The molecule has 5 rings (SSSR count). The summed E-state index contributed by atoms with van der Waals surface area (Å²) in [7, 11) is 1.58. The fraction of sp³-hybridized carbons (Fsp3) is 0.346. The number of pyridine rings is 2. The van der Waals surface area contributed by atoms with Gasteiger partial charge in [0.1, 0.15) is 28.7 Å². The summed E-state index contributed by atoms with van der Waals surface area (Å²) in [6, 6.07) is 6.11. The number of likely N-dealkylation sites (tertiary alicyclic amines) is 1. The van der Waals surface area contributed by atoms with Crippen molar-refractivity contribution in [3.05, 3.63) is 54.5 Å². The van der Waals surface area contributed by atoms with Gasteiger partial charge < -0.3 is 19.4 Å². The number of amides is 2. The molecule has 36 heavy (non-hydrogen) atoms. The lowest BCUT2D eigenvalue weighted by molar-refractivity contribution is -0.146. The Morgan fingerprint density at radius 2 is 1.89 bits per heavy atom. The molecule has 2 amide bonds. The molecule has 3 aromatic heterocycles. The first-order chi connectivity index (χ1) is 17.4. The van der Waals surface area contributed by atoms with Gasteiger partial charge in [-0.05, 0) is 30.7 Å². The quantitative estimate of drug-likeness (QED) is 0.508. The van der Waals surface area contributed by atoms with E-state index in [0.717, 1.165) is 22.5 Å². The van der Waals surface area contributed by atoms with Gasteiger partial charge in [0.15, 0.2) is 0 Å². The Balaban J connectivity index is 1.27. The molecule has 10 heteroatoms. The third kappa shape index (κ3) is 4.02. The number of hydrogen-bond donors (Lipinski definition) is 0. The minimum atomic E-state index is -0.122. The predicted molar refractivity (Wildman–Crippen MR) is 133 cm³/mol. The fourth-order valence-corrected chi connectivity index (χ4v) is 4.88. The molecular weight excluding hydrogens is 458 g/mol. The van der Waals surface area contributed by atoms with Gasteiger partial charge in [-0.25, -0.2) is 9.50 Å². The molecule has 0 unspecified atom stereocenters. The number of aryl methyl sites for hydroxylation is 1. The van der Waals surface area contributed by atoms with Gasteiger partial charge in [0.05, 0.1) is 19.2 Å². The Kier molecular flexibility index (Phi) is 6.06. The van der Waals surface area contributed by atoms with Gasteiger partial charge in [-0.15, -0.1) is 0 Å². The van der Waals surface area contributed by atoms with E-state index in [2.05, 4.69) is 28.7 Å². The molecule has 0 radical (unpaired) electrons. The van der Waals surface area contributed by atoms with Crippen molar-refractivity contribution in [1.82, 2.24) is 24.4 Å². The molecule has 0 aliphatic carbocycles. The largest absolute Gasteiger partial charge is 0.494 e. The average Bonchev–Trinajstić information content (AvgIpc) is 3.30. The monoisotopic (exact) mass is 485 g/mol. The van der Waals surface area contributed by atoms with Crippen molar-refractivity contribution in [2.24, 2.45) is 5.92 Å². The number of nitriles is 1. The summed E-state index contributed by atoms with van der Waals surface area (Å²) < 4.78 is 7.18. The molecule has 0 saturated carbocycles. The van der Waals surface area contributed by atoms with E-state index in [1.165, 1.54) is 12.3 Å². The Morgan fingerprint density at radius 1 is 1.14 bits per heavy atom. The normalized spacial score (nSPS) is 16.0. The van der Waals surface area contributed by atoms with Gasteiger partial charge in [-0.1, -0.05) is 6.58 Å². The summed E-state index contributed by atoms with van der Waals surface area (Å²) in [6.45, 7) is 9.12. The summed E-state index contributed by atoms with van der Waals surface area (Å²) in [4.78, 5) is 34.9. The molecule has 0 aromatic carbocycles. The second-order valence-corrected chi connectivity index (χ2v) is 9.08. The van der Waals surface area contributed by atoms with Crippen LogP contribution in [0.1, 0.15) is 11.1 Å². The zero-order valence-corrected chi connectivity index (χ0v) is 20.3. The van der Waals surface area contributed by atoms with Gasteiger partial charge in [-0.3, -0.25) is 9.59 Å². The van der Waals surface area contributed by atoms with Gasteiger partial charge >= 0.3 is 0 Å². The number of carbonyl (C=O) groups is 2. The van der Waals surface area contributed by atoms with Gasteiger partial charge in [-0.2, -0.15) is 10.4 Å². The van der Waals surface area contributed by atoms with Crippen molar-refractivity contribution < 1.29 is 14.3 Å². The van der Waals surface area contributed by atoms with Crippen molar-refractivity contribution in [1.29, 1.82) is 5.26 Å². The van der Waals surface area contributed by atoms with E-state index in [1.807, 2.05) is 30.3 Å². The highest BCUT2D eigenvalue weighted by atomic mass is 16.5. The van der Waals surface area contributed by atoms with Crippen LogP contribution in [0.5, 0.6) is 5.75 Å². The van der Waals surface area contributed by atoms with Crippen LogP contribution >= 0.6 is 0 Å². The lowest BCUT2D eigenvalue weighted by Crippen LogP contribution is -2.59. The van der Waals surface area contributed by atoms with Crippen LogP contribution in [0.25, 0.3) is 16.6 Å². The number of rotatable bonds is 5. The van der Waals surface area contributed by atoms with E-state index in [4.69, 9.17) is 9.72 Å². The van der Waals surface area contributed by atoms with Crippen LogP contribution in [-0.2, 0) is 9.59 Å². The van der Waals surface area contributed by atoms with Crippen LogP contribution in [0.4, 0.5) is 5.82 Å². The molecule has 5 heterocycles. The van der Waals surface area contributed by atoms with Crippen LogP contribution < -0.4 is 9.64 Å². The number of nitrogens with zero attached hydrogens (tertiary/aromatic N) is 7. The van der Waals surface area contributed by atoms with E-state index in [9.17, 15) is 14.9 Å². The lowest BCUT2D eigenvalue weighted by Gasteiger charge is -2.42. The SMILES string of the molecule is C=CC(=O)N1CC(C(=O)N2CCN(c3ncc(-c4cc(OC)c5c(C#N)cnn5c4)cc3C)CC2)C1. The van der Waals surface area contributed by atoms with Crippen LogP contribution in [0.2, 0.25) is 0 Å². The number of methoxy groups -OCH3 is 1. The molecule has 0 N–H and O–H groups in total. The maximum absolute atomic E-state index is 12.8. The highest BCUT2D eigenvalue weighted by Gasteiger charge is 2.38. The summed E-state index contributed by atoms with van der Waals surface area (Å²) in [5.74, 6) is 1.35. The highest BCUT2D eigenvalue weighted by Crippen LogP contribution is 2.31. The van der Waals surface area contributed by atoms with E-state index >= 15 is 0 Å². The number of aromatic nitrogens is 3. The molecule has 2 aliphatic rings. The van der Waals surface area contributed by atoms with Crippen LogP contribution in [0.3, 0.4) is 0 Å².